The van der Waals surface area contributed by atoms with Crippen LogP contribution in [0.4, 0.5) is 5.69 Å². The largest absolute Gasteiger partial charge is 0.455 e. The van der Waals surface area contributed by atoms with E-state index >= 15 is 0 Å². The standard InChI is InChI=1S/C16H19N3O2.2ClH/c1-11-8-13(19-16(20)9-12(2)17)5-6-15(11)21-14-4-3-7-18-10-14;;/h3-8,10,12H,9,17H2,1-2H3,(H,19,20);2*1H. The Labute approximate surface area is 148 Å². The Morgan fingerprint density at radius 1 is 1.35 bits per heavy atom. The zero-order chi connectivity index (χ0) is 15.2. The molecule has 0 saturated heterocycles. The van der Waals surface area contributed by atoms with Gasteiger partial charge >= 0.3 is 0 Å². The molecule has 1 unspecified atom stereocenters. The van der Waals surface area contributed by atoms with E-state index in [0.29, 0.717) is 12.2 Å². The van der Waals surface area contributed by atoms with Crippen molar-refractivity contribution in [2.45, 2.75) is 26.3 Å². The fourth-order valence-corrected chi connectivity index (χ4v) is 1.88. The van der Waals surface area contributed by atoms with E-state index in [0.717, 1.165) is 17.0 Å². The number of ether oxygens (including phenoxy) is 1. The summed E-state index contributed by atoms with van der Waals surface area (Å²) in [7, 11) is 0. The average molecular weight is 358 g/mol. The lowest BCUT2D eigenvalue weighted by molar-refractivity contribution is -0.116. The van der Waals surface area contributed by atoms with Crippen molar-refractivity contribution in [3.63, 3.8) is 0 Å². The second kappa shape index (κ2) is 10.0. The number of nitrogens with one attached hydrogen (secondary N) is 1. The lowest BCUT2D eigenvalue weighted by atomic mass is 10.2. The third kappa shape index (κ3) is 6.86. The Bertz CT molecular complexity index is 622. The number of nitrogens with two attached hydrogens (primary N) is 1. The van der Waals surface area contributed by atoms with E-state index in [-0.39, 0.29) is 36.8 Å². The molecule has 0 fully saturated rings. The van der Waals surface area contributed by atoms with Crippen LogP contribution in [0.2, 0.25) is 0 Å². The number of nitrogens with zero attached hydrogens (tertiary/aromatic N) is 1. The highest BCUT2D eigenvalue weighted by molar-refractivity contribution is 5.91. The number of anilines is 1. The highest BCUT2D eigenvalue weighted by Gasteiger charge is 2.07. The molecule has 1 aromatic carbocycles. The van der Waals surface area contributed by atoms with Crippen molar-refractivity contribution in [2.24, 2.45) is 5.73 Å². The molecule has 2 aromatic rings. The van der Waals surface area contributed by atoms with Gasteiger partial charge in [0.25, 0.3) is 0 Å². The normalized spacial score (nSPS) is 10.7. The van der Waals surface area contributed by atoms with Gasteiger partial charge in [0.2, 0.25) is 5.91 Å². The van der Waals surface area contributed by atoms with Crippen molar-refractivity contribution in [3.8, 4) is 11.5 Å². The van der Waals surface area contributed by atoms with Crippen LogP contribution in [0, 0.1) is 6.92 Å². The molecule has 126 valence electrons. The molecule has 3 N–H and O–H groups in total. The Hall–Kier alpha value is -1.82. The van der Waals surface area contributed by atoms with E-state index in [1.165, 1.54) is 0 Å². The van der Waals surface area contributed by atoms with Gasteiger partial charge < -0.3 is 15.8 Å². The number of aromatic nitrogens is 1. The first-order valence-corrected chi connectivity index (χ1v) is 6.78. The Kier molecular flexibility index (Phi) is 9.25. The lowest BCUT2D eigenvalue weighted by Crippen LogP contribution is -2.23. The minimum absolute atomic E-state index is 0. The predicted octanol–water partition coefficient (Wildman–Crippen LogP) is 3.70. The summed E-state index contributed by atoms with van der Waals surface area (Å²) in [6.07, 6.45) is 3.64. The quantitative estimate of drug-likeness (QED) is 0.854. The van der Waals surface area contributed by atoms with E-state index in [1.807, 2.05) is 31.2 Å². The molecular formula is C16H21Cl2N3O2. The number of amides is 1. The summed E-state index contributed by atoms with van der Waals surface area (Å²) in [5, 5.41) is 2.82. The van der Waals surface area contributed by atoms with Crippen LogP contribution < -0.4 is 15.8 Å². The molecule has 1 amide bonds. The maximum Gasteiger partial charge on any atom is 0.225 e. The first-order chi connectivity index (χ1) is 10.0. The number of carbonyl (C=O) groups is 1. The maximum atomic E-state index is 11.7. The van der Waals surface area contributed by atoms with Crippen LogP contribution in [-0.2, 0) is 4.79 Å². The molecule has 0 bridgehead atoms. The van der Waals surface area contributed by atoms with Crippen LogP contribution in [0.3, 0.4) is 0 Å². The number of hydrogen-bond donors (Lipinski definition) is 2. The van der Waals surface area contributed by atoms with Crippen molar-refractivity contribution < 1.29 is 9.53 Å². The van der Waals surface area contributed by atoms with Gasteiger partial charge in [-0.05, 0) is 49.7 Å². The fourth-order valence-electron chi connectivity index (χ4n) is 1.88. The van der Waals surface area contributed by atoms with Gasteiger partial charge in [-0.25, -0.2) is 0 Å². The molecule has 1 heterocycles. The Morgan fingerprint density at radius 3 is 2.65 bits per heavy atom. The number of benzene rings is 1. The van der Waals surface area contributed by atoms with Gasteiger partial charge in [-0.3, -0.25) is 9.78 Å². The highest BCUT2D eigenvalue weighted by atomic mass is 35.5. The van der Waals surface area contributed by atoms with Crippen molar-refractivity contribution in [2.75, 3.05) is 5.32 Å². The minimum atomic E-state index is -0.153. The van der Waals surface area contributed by atoms with Gasteiger partial charge in [0.15, 0.2) is 0 Å². The number of aryl methyl sites for hydroxylation is 1. The minimum Gasteiger partial charge on any atom is -0.455 e. The zero-order valence-corrected chi connectivity index (χ0v) is 14.6. The molecule has 2 rings (SSSR count). The summed E-state index contributed by atoms with van der Waals surface area (Å²) < 4.78 is 5.74. The number of carbonyl (C=O) groups excluding carboxylic acids is 1. The predicted molar refractivity (Wildman–Crippen MR) is 96.9 cm³/mol. The average Bonchev–Trinajstić information content (AvgIpc) is 2.42. The van der Waals surface area contributed by atoms with Crippen LogP contribution in [0.25, 0.3) is 0 Å². The van der Waals surface area contributed by atoms with Crippen LogP contribution in [0.5, 0.6) is 11.5 Å². The smallest absolute Gasteiger partial charge is 0.225 e. The molecule has 0 aliphatic rings. The summed E-state index contributed by atoms with van der Waals surface area (Å²) in [4.78, 5) is 15.7. The van der Waals surface area contributed by atoms with E-state index in [4.69, 9.17) is 10.5 Å². The number of hydrogen-bond acceptors (Lipinski definition) is 4. The fraction of sp³-hybridized carbons (Fsp3) is 0.250. The second-order valence-corrected chi connectivity index (χ2v) is 5.00. The SMILES string of the molecule is Cc1cc(NC(=O)CC(C)N)ccc1Oc1cccnc1.Cl.Cl. The van der Waals surface area contributed by atoms with E-state index in [2.05, 4.69) is 10.3 Å². The van der Waals surface area contributed by atoms with Crippen molar-refractivity contribution in [1.82, 2.24) is 4.98 Å². The molecule has 0 aliphatic heterocycles. The first kappa shape index (κ1) is 21.2. The summed E-state index contributed by atoms with van der Waals surface area (Å²) in [6.45, 7) is 3.72. The third-order valence-corrected chi connectivity index (χ3v) is 2.83. The summed E-state index contributed by atoms with van der Waals surface area (Å²) >= 11 is 0. The number of rotatable bonds is 5. The Balaban J connectivity index is 0.00000242. The number of halogens is 2. The summed E-state index contributed by atoms with van der Waals surface area (Å²) in [5.41, 5.74) is 7.26. The molecule has 0 saturated carbocycles. The van der Waals surface area contributed by atoms with Crippen LogP contribution in [-0.4, -0.2) is 16.9 Å². The monoisotopic (exact) mass is 357 g/mol. The van der Waals surface area contributed by atoms with Gasteiger partial charge in [0.1, 0.15) is 11.5 Å². The molecule has 23 heavy (non-hydrogen) atoms. The van der Waals surface area contributed by atoms with E-state index in [1.54, 1.807) is 25.4 Å². The van der Waals surface area contributed by atoms with E-state index < -0.39 is 0 Å². The van der Waals surface area contributed by atoms with Gasteiger partial charge in [-0.2, -0.15) is 0 Å². The Morgan fingerprint density at radius 2 is 2.09 bits per heavy atom. The molecule has 7 heteroatoms. The number of pyridine rings is 1. The zero-order valence-electron chi connectivity index (χ0n) is 13.0. The maximum absolute atomic E-state index is 11.7. The van der Waals surface area contributed by atoms with Crippen LogP contribution in [0.1, 0.15) is 18.9 Å². The highest BCUT2D eigenvalue weighted by Crippen LogP contribution is 2.26. The molecule has 1 atom stereocenters. The van der Waals surface area contributed by atoms with Gasteiger partial charge in [0, 0.05) is 24.3 Å². The summed E-state index contributed by atoms with van der Waals surface area (Å²) in [5.74, 6) is 1.31. The third-order valence-electron chi connectivity index (χ3n) is 2.83. The molecule has 0 radical (unpaired) electrons. The van der Waals surface area contributed by atoms with Crippen molar-refractivity contribution in [3.05, 3.63) is 48.3 Å². The van der Waals surface area contributed by atoms with Gasteiger partial charge in [-0.1, -0.05) is 0 Å². The first-order valence-electron chi connectivity index (χ1n) is 6.78. The topological polar surface area (TPSA) is 77.2 Å². The van der Waals surface area contributed by atoms with Crippen LogP contribution >= 0.6 is 24.8 Å². The van der Waals surface area contributed by atoms with E-state index in [9.17, 15) is 4.79 Å². The lowest BCUT2D eigenvalue weighted by Gasteiger charge is -2.11. The molecule has 0 aliphatic carbocycles. The van der Waals surface area contributed by atoms with Gasteiger partial charge in [-0.15, -0.1) is 24.8 Å². The second-order valence-electron chi connectivity index (χ2n) is 5.00. The molecule has 5 nitrogen and oxygen atoms in total. The summed E-state index contributed by atoms with van der Waals surface area (Å²) in [6, 6.07) is 8.99. The molecule has 0 spiro atoms. The molecular weight excluding hydrogens is 337 g/mol. The van der Waals surface area contributed by atoms with Crippen LogP contribution in [0.15, 0.2) is 42.7 Å². The molecule has 1 aromatic heterocycles. The van der Waals surface area contributed by atoms with Gasteiger partial charge in [0.05, 0.1) is 6.20 Å². The van der Waals surface area contributed by atoms with Crippen molar-refractivity contribution in [1.29, 1.82) is 0 Å². The van der Waals surface area contributed by atoms with Crippen molar-refractivity contribution >= 4 is 36.4 Å².